The molecule has 6 nitrogen and oxygen atoms in total. The highest BCUT2D eigenvalue weighted by Crippen LogP contribution is 1.84. The first kappa shape index (κ1) is 12.0. The SMILES string of the molecule is NCCNOC(=O)N=CCCCO. The summed E-state index contributed by atoms with van der Waals surface area (Å²) >= 11 is 0. The molecule has 0 aromatic rings. The van der Waals surface area contributed by atoms with Crippen LogP contribution in [0.15, 0.2) is 4.99 Å². The average molecular weight is 189 g/mol. The molecule has 6 heteroatoms. The topological polar surface area (TPSA) is 96.9 Å². The van der Waals surface area contributed by atoms with Crippen LogP contribution in [0.3, 0.4) is 0 Å². The number of rotatable bonds is 6. The monoisotopic (exact) mass is 189 g/mol. The molecule has 0 aliphatic heterocycles. The molecule has 0 aliphatic carbocycles. The Bertz CT molecular complexity index is 161. The van der Waals surface area contributed by atoms with E-state index in [0.29, 0.717) is 25.9 Å². The number of hydrogen-bond acceptors (Lipinski definition) is 5. The van der Waals surface area contributed by atoms with E-state index in [1.54, 1.807) is 0 Å². The van der Waals surface area contributed by atoms with Gasteiger partial charge in [0.25, 0.3) is 0 Å². The lowest BCUT2D eigenvalue weighted by atomic mass is 10.3. The van der Waals surface area contributed by atoms with Crippen molar-refractivity contribution in [2.45, 2.75) is 12.8 Å². The summed E-state index contributed by atoms with van der Waals surface area (Å²) in [7, 11) is 0. The number of aliphatic imine (C=N–C) groups is 1. The Morgan fingerprint density at radius 3 is 3.08 bits per heavy atom. The maximum atomic E-state index is 10.7. The van der Waals surface area contributed by atoms with Crippen molar-refractivity contribution in [3.8, 4) is 0 Å². The summed E-state index contributed by atoms with van der Waals surface area (Å²) in [6, 6.07) is 0. The number of aliphatic hydroxyl groups excluding tert-OH is 1. The Labute approximate surface area is 76.7 Å². The summed E-state index contributed by atoms with van der Waals surface area (Å²) in [5.74, 6) is 0. The zero-order valence-electron chi connectivity index (χ0n) is 7.40. The molecule has 0 aliphatic rings. The molecule has 0 aromatic carbocycles. The zero-order valence-corrected chi connectivity index (χ0v) is 7.40. The fraction of sp³-hybridized carbons (Fsp3) is 0.714. The van der Waals surface area contributed by atoms with Crippen molar-refractivity contribution < 1.29 is 14.7 Å². The standard InChI is InChI=1S/C7H15N3O3/c8-3-5-10-13-7(12)9-4-1-2-6-11/h4,10-11H,1-3,5-6,8H2. The highest BCUT2D eigenvalue weighted by atomic mass is 16.7. The molecule has 1 amide bonds. The highest BCUT2D eigenvalue weighted by Gasteiger charge is 1.95. The maximum absolute atomic E-state index is 10.7. The van der Waals surface area contributed by atoms with E-state index in [2.05, 4.69) is 15.3 Å². The quantitative estimate of drug-likeness (QED) is 0.295. The number of nitrogens with zero attached hydrogens (tertiary/aromatic N) is 1. The van der Waals surface area contributed by atoms with Gasteiger partial charge in [-0.3, -0.25) is 0 Å². The van der Waals surface area contributed by atoms with Gasteiger partial charge in [0.15, 0.2) is 0 Å². The molecule has 13 heavy (non-hydrogen) atoms. The summed E-state index contributed by atoms with van der Waals surface area (Å²) in [4.78, 5) is 18.6. The number of aliphatic hydroxyl groups is 1. The number of unbranched alkanes of at least 4 members (excludes halogenated alkanes) is 1. The third-order valence-corrected chi connectivity index (χ3v) is 1.09. The van der Waals surface area contributed by atoms with Crippen LogP contribution >= 0.6 is 0 Å². The molecular formula is C7H15N3O3. The molecule has 76 valence electrons. The molecule has 0 saturated heterocycles. The van der Waals surface area contributed by atoms with Crippen molar-refractivity contribution in [3.05, 3.63) is 0 Å². The lowest BCUT2D eigenvalue weighted by Crippen LogP contribution is -2.24. The summed E-state index contributed by atoms with van der Waals surface area (Å²) in [6.45, 7) is 0.881. The number of nitrogens with two attached hydrogens (primary N) is 1. The summed E-state index contributed by atoms with van der Waals surface area (Å²) in [6.07, 6.45) is 1.85. The van der Waals surface area contributed by atoms with E-state index in [0.717, 1.165) is 0 Å². The average Bonchev–Trinajstić information content (AvgIpc) is 2.13. The van der Waals surface area contributed by atoms with Gasteiger partial charge in [0.05, 0.1) is 0 Å². The minimum Gasteiger partial charge on any atom is -0.396 e. The first-order chi connectivity index (χ1) is 6.31. The van der Waals surface area contributed by atoms with Gasteiger partial charge in [0, 0.05) is 25.9 Å². The lowest BCUT2D eigenvalue weighted by molar-refractivity contribution is 0.101. The van der Waals surface area contributed by atoms with E-state index < -0.39 is 6.09 Å². The fourth-order valence-electron chi connectivity index (χ4n) is 0.520. The van der Waals surface area contributed by atoms with Crippen molar-refractivity contribution in [1.82, 2.24) is 5.48 Å². The van der Waals surface area contributed by atoms with E-state index in [1.165, 1.54) is 6.21 Å². The molecule has 0 rings (SSSR count). The van der Waals surface area contributed by atoms with Gasteiger partial charge in [-0.2, -0.15) is 10.5 Å². The number of carbonyl (C=O) groups is 1. The molecule has 0 fully saturated rings. The van der Waals surface area contributed by atoms with Crippen LogP contribution in [-0.2, 0) is 4.84 Å². The van der Waals surface area contributed by atoms with Gasteiger partial charge in [-0.05, 0) is 12.8 Å². The van der Waals surface area contributed by atoms with Crippen molar-refractivity contribution >= 4 is 12.3 Å². The van der Waals surface area contributed by atoms with E-state index in [4.69, 9.17) is 10.8 Å². The second-order valence-electron chi connectivity index (χ2n) is 2.23. The number of nitrogens with one attached hydrogen (secondary N) is 1. The van der Waals surface area contributed by atoms with E-state index >= 15 is 0 Å². The van der Waals surface area contributed by atoms with Crippen LogP contribution in [-0.4, -0.2) is 37.1 Å². The number of hydrogen-bond donors (Lipinski definition) is 3. The molecule has 0 spiro atoms. The Balaban J connectivity index is 3.33. The predicted octanol–water partition coefficient (Wildman–Crippen LogP) is -0.570. The van der Waals surface area contributed by atoms with Crippen LogP contribution < -0.4 is 11.2 Å². The van der Waals surface area contributed by atoms with E-state index in [1.807, 2.05) is 0 Å². The van der Waals surface area contributed by atoms with Crippen LogP contribution in [0, 0.1) is 0 Å². The summed E-state index contributed by atoms with van der Waals surface area (Å²) < 4.78 is 0. The number of carbonyl (C=O) groups excluding carboxylic acids is 1. The van der Waals surface area contributed by atoms with Crippen LogP contribution in [0.4, 0.5) is 4.79 Å². The lowest BCUT2D eigenvalue weighted by Gasteiger charge is -1.99. The normalized spacial score (nSPS) is 10.6. The smallest absolute Gasteiger partial charge is 0.396 e. The molecule has 0 heterocycles. The Kier molecular flexibility index (Phi) is 8.42. The third-order valence-electron chi connectivity index (χ3n) is 1.09. The molecular weight excluding hydrogens is 174 g/mol. The second kappa shape index (κ2) is 9.11. The van der Waals surface area contributed by atoms with Gasteiger partial charge < -0.3 is 15.7 Å². The van der Waals surface area contributed by atoms with Crippen LogP contribution in [0.2, 0.25) is 0 Å². The summed E-state index contributed by atoms with van der Waals surface area (Å²) in [5, 5.41) is 8.40. The van der Waals surface area contributed by atoms with E-state index in [9.17, 15) is 4.79 Å². The predicted molar refractivity (Wildman–Crippen MR) is 48.3 cm³/mol. The highest BCUT2D eigenvalue weighted by molar-refractivity contribution is 5.78. The van der Waals surface area contributed by atoms with Gasteiger partial charge in [0.1, 0.15) is 0 Å². The fourth-order valence-corrected chi connectivity index (χ4v) is 0.520. The molecule has 0 saturated carbocycles. The van der Waals surface area contributed by atoms with Crippen LogP contribution in [0.25, 0.3) is 0 Å². The first-order valence-electron chi connectivity index (χ1n) is 4.08. The van der Waals surface area contributed by atoms with Crippen LogP contribution in [0.1, 0.15) is 12.8 Å². The molecule has 0 unspecified atom stereocenters. The first-order valence-corrected chi connectivity index (χ1v) is 4.08. The van der Waals surface area contributed by atoms with Crippen molar-refractivity contribution in [1.29, 1.82) is 0 Å². The minimum absolute atomic E-state index is 0.0898. The third kappa shape index (κ3) is 8.93. The molecule has 0 aromatic heterocycles. The van der Waals surface area contributed by atoms with Crippen molar-refractivity contribution in [2.75, 3.05) is 19.7 Å². The summed E-state index contributed by atoms with van der Waals surface area (Å²) in [5.41, 5.74) is 7.47. The molecule has 0 bridgehead atoms. The Morgan fingerprint density at radius 2 is 2.46 bits per heavy atom. The Morgan fingerprint density at radius 1 is 1.69 bits per heavy atom. The van der Waals surface area contributed by atoms with Gasteiger partial charge in [0.2, 0.25) is 0 Å². The number of hydroxylamine groups is 1. The van der Waals surface area contributed by atoms with Gasteiger partial charge >= 0.3 is 6.09 Å². The van der Waals surface area contributed by atoms with Crippen molar-refractivity contribution in [2.24, 2.45) is 10.7 Å². The zero-order chi connectivity index (χ0) is 9.94. The van der Waals surface area contributed by atoms with Gasteiger partial charge in [-0.15, -0.1) is 0 Å². The molecule has 0 radical (unpaired) electrons. The van der Waals surface area contributed by atoms with Gasteiger partial charge in [-0.25, -0.2) is 4.79 Å². The second-order valence-corrected chi connectivity index (χ2v) is 2.23. The van der Waals surface area contributed by atoms with Crippen molar-refractivity contribution in [3.63, 3.8) is 0 Å². The molecule has 4 N–H and O–H groups in total. The molecule has 0 atom stereocenters. The minimum atomic E-state index is -0.702. The van der Waals surface area contributed by atoms with Gasteiger partial charge in [-0.1, -0.05) is 0 Å². The number of amides is 1. The van der Waals surface area contributed by atoms with Crippen LogP contribution in [0.5, 0.6) is 0 Å². The van der Waals surface area contributed by atoms with E-state index in [-0.39, 0.29) is 6.61 Å². The largest absolute Gasteiger partial charge is 0.452 e. The Hall–Kier alpha value is -0.980. The maximum Gasteiger partial charge on any atom is 0.452 e.